The van der Waals surface area contributed by atoms with Crippen molar-refractivity contribution in [2.45, 2.75) is 38.1 Å². The number of piperidine rings is 1. The van der Waals surface area contributed by atoms with E-state index < -0.39 is 0 Å². The average Bonchev–Trinajstić information content (AvgIpc) is 2.79. The SMILES string of the molecule is Cl.NCC1CCCCN1CCC1CCOC1. The maximum absolute atomic E-state index is 5.81. The first kappa shape index (κ1) is 14.2. The maximum Gasteiger partial charge on any atom is 0.0495 e. The summed E-state index contributed by atoms with van der Waals surface area (Å²) in [6.45, 7) is 5.29. The molecule has 16 heavy (non-hydrogen) atoms. The average molecular weight is 249 g/mol. The third-order valence-corrected chi connectivity index (χ3v) is 3.87. The summed E-state index contributed by atoms with van der Waals surface area (Å²) >= 11 is 0. The Balaban J connectivity index is 0.00000128. The first-order valence-corrected chi connectivity index (χ1v) is 6.42. The number of hydrogen-bond donors (Lipinski definition) is 1. The monoisotopic (exact) mass is 248 g/mol. The van der Waals surface area contributed by atoms with Crippen LogP contribution in [0.1, 0.15) is 32.1 Å². The molecule has 0 spiro atoms. The number of ether oxygens (including phenoxy) is 1. The van der Waals surface area contributed by atoms with E-state index in [0.29, 0.717) is 6.04 Å². The van der Waals surface area contributed by atoms with Crippen molar-refractivity contribution >= 4 is 12.4 Å². The number of nitrogens with two attached hydrogens (primary N) is 1. The molecule has 2 saturated heterocycles. The van der Waals surface area contributed by atoms with E-state index in [9.17, 15) is 0 Å². The molecular weight excluding hydrogens is 224 g/mol. The van der Waals surface area contributed by atoms with Crippen molar-refractivity contribution in [1.82, 2.24) is 4.90 Å². The van der Waals surface area contributed by atoms with Gasteiger partial charge in [-0.3, -0.25) is 4.90 Å². The molecule has 0 bridgehead atoms. The summed E-state index contributed by atoms with van der Waals surface area (Å²) in [6, 6.07) is 0.654. The Morgan fingerprint density at radius 1 is 1.25 bits per heavy atom. The first-order valence-electron chi connectivity index (χ1n) is 6.42. The second kappa shape index (κ2) is 7.49. The van der Waals surface area contributed by atoms with Gasteiger partial charge in [0.15, 0.2) is 0 Å². The summed E-state index contributed by atoms with van der Waals surface area (Å²) in [4.78, 5) is 2.60. The number of nitrogens with zero attached hydrogens (tertiary/aromatic N) is 1. The predicted octanol–water partition coefficient (Wildman–Crippen LogP) is 1.65. The van der Waals surface area contributed by atoms with E-state index in [2.05, 4.69) is 4.90 Å². The van der Waals surface area contributed by atoms with Crippen LogP contribution in [0.25, 0.3) is 0 Å². The van der Waals surface area contributed by atoms with Crippen molar-refractivity contribution in [2.75, 3.05) is 32.8 Å². The Bertz CT molecular complexity index is 186. The van der Waals surface area contributed by atoms with Crippen LogP contribution >= 0.6 is 12.4 Å². The van der Waals surface area contributed by atoms with Crippen LogP contribution in [0.5, 0.6) is 0 Å². The number of likely N-dealkylation sites (tertiary alicyclic amines) is 1. The second-order valence-electron chi connectivity index (χ2n) is 4.94. The van der Waals surface area contributed by atoms with E-state index in [1.165, 1.54) is 45.2 Å². The minimum Gasteiger partial charge on any atom is -0.381 e. The fourth-order valence-corrected chi connectivity index (χ4v) is 2.78. The fraction of sp³-hybridized carbons (Fsp3) is 1.00. The smallest absolute Gasteiger partial charge is 0.0495 e. The van der Waals surface area contributed by atoms with E-state index in [-0.39, 0.29) is 12.4 Å². The minimum atomic E-state index is 0. The van der Waals surface area contributed by atoms with Gasteiger partial charge in [0.25, 0.3) is 0 Å². The molecule has 0 amide bonds. The van der Waals surface area contributed by atoms with E-state index >= 15 is 0 Å². The summed E-state index contributed by atoms with van der Waals surface area (Å²) in [5, 5.41) is 0. The Morgan fingerprint density at radius 2 is 2.12 bits per heavy atom. The van der Waals surface area contributed by atoms with Gasteiger partial charge >= 0.3 is 0 Å². The van der Waals surface area contributed by atoms with Gasteiger partial charge in [0.05, 0.1) is 0 Å². The summed E-state index contributed by atoms with van der Waals surface area (Å²) in [5.74, 6) is 0.811. The molecule has 0 aliphatic carbocycles. The van der Waals surface area contributed by atoms with E-state index in [1.54, 1.807) is 0 Å². The van der Waals surface area contributed by atoms with Crippen molar-refractivity contribution in [3.05, 3.63) is 0 Å². The molecule has 2 rings (SSSR count). The van der Waals surface area contributed by atoms with Gasteiger partial charge in [-0.1, -0.05) is 6.42 Å². The molecule has 3 nitrogen and oxygen atoms in total. The molecule has 2 aliphatic heterocycles. The second-order valence-corrected chi connectivity index (χ2v) is 4.94. The van der Waals surface area contributed by atoms with E-state index in [0.717, 1.165) is 25.7 Å². The molecule has 2 unspecified atom stereocenters. The van der Waals surface area contributed by atoms with Gasteiger partial charge in [-0.05, 0) is 44.7 Å². The molecule has 0 aromatic rings. The van der Waals surface area contributed by atoms with Crippen molar-refractivity contribution in [3.63, 3.8) is 0 Å². The Kier molecular flexibility index (Phi) is 6.66. The topological polar surface area (TPSA) is 38.5 Å². The normalized spacial score (nSPS) is 31.3. The summed E-state index contributed by atoms with van der Waals surface area (Å²) < 4.78 is 5.41. The zero-order chi connectivity index (χ0) is 10.5. The number of rotatable bonds is 4. The van der Waals surface area contributed by atoms with Gasteiger partial charge in [0, 0.05) is 25.8 Å². The van der Waals surface area contributed by atoms with Crippen molar-refractivity contribution < 1.29 is 4.74 Å². The maximum atomic E-state index is 5.81. The first-order chi connectivity index (χ1) is 7.40. The predicted molar refractivity (Wildman–Crippen MR) is 69.1 cm³/mol. The van der Waals surface area contributed by atoms with Crippen molar-refractivity contribution in [2.24, 2.45) is 11.7 Å². The molecule has 0 aromatic carbocycles. The van der Waals surface area contributed by atoms with Gasteiger partial charge < -0.3 is 10.5 Å². The van der Waals surface area contributed by atoms with Crippen LogP contribution < -0.4 is 5.73 Å². The molecule has 4 heteroatoms. The standard InChI is InChI=1S/C12H24N2O.ClH/c13-9-12-3-1-2-6-14(12)7-4-11-5-8-15-10-11;/h11-12H,1-10,13H2;1H. The van der Waals surface area contributed by atoms with Crippen molar-refractivity contribution in [1.29, 1.82) is 0 Å². The minimum absolute atomic E-state index is 0. The Hall–Kier alpha value is 0.170. The van der Waals surface area contributed by atoms with Gasteiger partial charge in [0.1, 0.15) is 0 Å². The lowest BCUT2D eigenvalue weighted by Gasteiger charge is -2.35. The van der Waals surface area contributed by atoms with E-state index in [4.69, 9.17) is 10.5 Å². The van der Waals surface area contributed by atoms with Gasteiger partial charge in [-0.25, -0.2) is 0 Å². The van der Waals surface area contributed by atoms with Crippen LogP contribution in [0.3, 0.4) is 0 Å². The van der Waals surface area contributed by atoms with Crippen LogP contribution in [0.15, 0.2) is 0 Å². The molecule has 2 N–H and O–H groups in total. The summed E-state index contributed by atoms with van der Waals surface area (Å²) in [7, 11) is 0. The molecular formula is C12H25ClN2O. The van der Waals surface area contributed by atoms with Gasteiger partial charge in [-0.2, -0.15) is 0 Å². The number of hydrogen-bond acceptors (Lipinski definition) is 3. The fourth-order valence-electron chi connectivity index (χ4n) is 2.78. The highest BCUT2D eigenvalue weighted by Crippen LogP contribution is 2.20. The van der Waals surface area contributed by atoms with Crippen LogP contribution in [0.4, 0.5) is 0 Å². The van der Waals surface area contributed by atoms with Crippen molar-refractivity contribution in [3.8, 4) is 0 Å². The highest BCUT2D eigenvalue weighted by molar-refractivity contribution is 5.85. The number of halogens is 1. The van der Waals surface area contributed by atoms with Crippen LogP contribution in [-0.2, 0) is 4.74 Å². The lowest BCUT2D eigenvalue weighted by atomic mass is 9.99. The third-order valence-electron chi connectivity index (χ3n) is 3.87. The van der Waals surface area contributed by atoms with Gasteiger partial charge in [0.2, 0.25) is 0 Å². The molecule has 2 atom stereocenters. The molecule has 2 heterocycles. The largest absolute Gasteiger partial charge is 0.381 e. The van der Waals surface area contributed by atoms with Crippen LogP contribution in [0, 0.1) is 5.92 Å². The third kappa shape index (κ3) is 3.88. The quantitative estimate of drug-likeness (QED) is 0.822. The molecule has 0 saturated carbocycles. The van der Waals surface area contributed by atoms with E-state index in [1.807, 2.05) is 0 Å². The lowest BCUT2D eigenvalue weighted by molar-refractivity contribution is 0.136. The summed E-state index contributed by atoms with van der Waals surface area (Å²) in [6.07, 6.45) is 6.60. The highest BCUT2D eigenvalue weighted by atomic mass is 35.5. The molecule has 0 aromatic heterocycles. The molecule has 2 fully saturated rings. The molecule has 2 aliphatic rings. The highest BCUT2D eigenvalue weighted by Gasteiger charge is 2.23. The summed E-state index contributed by atoms with van der Waals surface area (Å²) in [5.41, 5.74) is 5.81. The van der Waals surface area contributed by atoms with Gasteiger partial charge in [-0.15, -0.1) is 12.4 Å². The van der Waals surface area contributed by atoms with Crippen LogP contribution in [0.2, 0.25) is 0 Å². The zero-order valence-electron chi connectivity index (χ0n) is 10.1. The molecule has 96 valence electrons. The molecule has 0 radical (unpaired) electrons. The lowest BCUT2D eigenvalue weighted by Crippen LogP contribution is -2.44. The Labute approximate surface area is 105 Å². The Morgan fingerprint density at radius 3 is 2.81 bits per heavy atom. The zero-order valence-corrected chi connectivity index (χ0v) is 10.9. The van der Waals surface area contributed by atoms with Crippen LogP contribution in [-0.4, -0.2) is 43.8 Å².